The summed E-state index contributed by atoms with van der Waals surface area (Å²) in [6.45, 7) is 6.69. The highest BCUT2D eigenvalue weighted by Crippen LogP contribution is 1.69. The van der Waals surface area contributed by atoms with Gasteiger partial charge in [0.05, 0.1) is 0 Å². The molecule has 0 aromatic rings. The minimum Gasteiger partial charge on any atom is -0.215 e. The van der Waals surface area contributed by atoms with Crippen molar-refractivity contribution in [2.24, 2.45) is 4.99 Å². The summed E-state index contributed by atoms with van der Waals surface area (Å²) < 4.78 is 0. The average molecular weight is 93.1 g/mol. The third-order valence-corrected chi connectivity index (χ3v) is 0.388. The van der Waals surface area contributed by atoms with Crippen molar-refractivity contribution in [2.45, 2.75) is 0 Å². The zero-order chi connectivity index (χ0) is 5.54. The van der Waals surface area contributed by atoms with E-state index in [2.05, 4.69) is 24.0 Å². The smallest absolute Gasteiger partial charge is 0.0367 e. The second-order valence-electron chi connectivity index (χ2n) is 0.864. The van der Waals surface area contributed by atoms with Gasteiger partial charge in [-0.05, 0) is 18.5 Å². The van der Waals surface area contributed by atoms with Gasteiger partial charge < -0.3 is 0 Å². The first-order chi connectivity index (χ1) is 3.41. The molecular formula is C6H7N. The normalized spacial score (nSPS) is 8.00. The first-order valence-corrected chi connectivity index (χ1v) is 1.91. The summed E-state index contributed by atoms with van der Waals surface area (Å²) in [5, 5.41) is 0. The van der Waals surface area contributed by atoms with E-state index < -0.39 is 0 Å². The molecule has 0 saturated carbocycles. The molecule has 0 bridgehead atoms. The summed E-state index contributed by atoms with van der Waals surface area (Å²) in [6, 6.07) is 0. The molecule has 0 saturated heterocycles. The Morgan fingerprint density at radius 3 is 2.71 bits per heavy atom. The van der Waals surface area contributed by atoms with Crippen molar-refractivity contribution in [3.63, 3.8) is 0 Å². The Kier molecular flexibility index (Phi) is 4.18. The maximum Gasteiger partial charge on any atom is 0.0367 e. The first kappa shape index (κ1) is 5.93. The molecule has 0 amide bonds. The lowest BCUT2D eigenvalue weighted by molar-refractivity contribution is 1.61. The molecule has 0 aliphatic heterocycles. The van der Waals surface area contributed by atoms with Crippen LogP contribution in [-0.2, 0) is 0 Å². The summed E-state index contributed by atoms with van der Waals surface area (Å²) in [7, 11) is 0. The lowest BCUT2D eigenvalue weighted by atomic mass is 10.6. The van der Waals surface area contributed by atoms with E-state index >= 15 is 0 Å². The number of nitrogens with zero attached hydrogens (tertiary/aromatic N) is 1. The Morgan fingerprint density at radius 1 is 1.57 bits per heavy atom. The second-order valence-corrected chi connectivity index (χ2v) is 0.864. The summed E-state index contributed by atoms with van der Waals surface area (Å²) in [6.07, 6.45) is 4.92. The van der Waals surface area contributed by atoms with E-state index in [1.165, 1.54) is 0 Å². The van der Waals surface area contributed by atoms with Crippen LogP contribution in [0.1, 0.15) is 0 Å². The predicted octanol–water partition coefficient (Wildman–Crippen LogP) is 1.54. The van der Waals surface area contributed by atoms with Gasteiger partial charge in [-0.1, -0.05) is 12.7 Å². The molecular weight excluding hydrogens is 86.1 g/mol. The van der Waals surface area contributed by atoms with Gasteiger partial charge in [-0.25, -0.2) is 4.99 Å². The van der Waals surface area contributed by atoms with Crippen LogP contribution in [-0.4, -0.2) is 5.87 Å². The van der Waals surface area contributed by atoms with Crippen molar-refractivity contribution in [3.8, 4) is 0 Å². The van der Waals surface area contributed by atoms with Gasteiger partial charge in [0.25, 0.3) is 0 Å². The van der Waals surface area contributed by atoms with Crippen LogP contribution in [0.4, 0.5) is 0 Å². The summed E-state index contributed by atoms with van der Waals surface area (Å²) >= 11 is 0. The maximum absolute atomic E-state index is 3.55. The third-order valence-electron chi connectivity index (χ3n) is 0.388. The lowest BCUT2D eigenvalue weighted by Crippen LogP contribution is -1.44. The molecule has 0 atom stereocenters. The van der Waals surface area contributed by atoms with Gasteiger partial charge in [0.1, 0.15) is 0 Å². The van der Waals surface area contributed by atoms with Crippen LogP contribution in [0.25, 0.3) is 0 Å². The van der Waals surface area contributed by atoms with Crippen LogP contribution in [0.2, 0.25) is 0 Å². The standard InChI is InChI=1S/C6H7N/c1-3-5-6-7-4-2/h3,5-6H,1-2H2/b6-5+. The molecule has 0 heterocycles. The molecule has 0 radical (unpaired) electrons. The molecule has 0 spiro atoms. The zero-order valence-corrected chi connectivity index (χ0v) is 4.09. The Bertz CT molecular complexity index is 116. The average Bonchev–Trinajstić information content (AvgIpc) is 1.69. The number of hydrogen-bond donors (Lipinski definition) is 0. The van der Waals surface area contributed by atoms with E-state index in [0.717, 1.165) is 0 Å². The van der Waals surface area contributed by atoms with E-state index in [1.54, 1.807) is 18.4 Å². The lowest BCUT2D eigenvalue weighted by Gasteiger charge is -1.62. The number of aliphatic imine (C=N–C) groups is 1. The largest absolute Gasteiger partial charge is 0.215 e. The number of rotatable bonds is 2. The van der Waals surface area contributed by atoms with Gasteiger partial charge in [0.15, 0.2) is 0 Å². The SMILES string of the molecule is C=C=N/C=C/C=C. The van der Waals surface area contributed by atoms with Crippen molar-refractivity contribution in [3.05, 3.63) is 31.5 Å². The molecule has 0 unspecified atom stereocenters. The van der Waals surface area contributed by atoms with E-state index in [1.807, 2.05) is 0 Å². The molecule has 1 nitrogen and oxygen atoms in total. The van der Waals surface area contributed by atoms with E-state index in [9.17, 15) is 0 Å². The van der Waals surface area contributed by atoms with Crippen LogP contribution >= 0.6 is 0 Å². The fourth-order valence-electron chi connectivity index (χ4n) is 0.157. The second kappa shape index (κ2) is 4.93. The van der Waals surface area contributed by atoms with Crippen molar-refractivity contribution in [1.82, 2.24) is 0 Å². The molecule has 0 rings (SSSR count). The number of allylic oxidation sites excluding steroid dienone is 2. The Labute approximate surface area is 43.4 Å². The topological polar surface area (TPSA) is 12.4 Å². The van der Waals surface area contributed by atoms with Crippen LogP contribution in [0.5, 0.6) is 0 Å². The first-order valence-electron chi connectivity index (χ1n) is 1.91. The molecule has 0 aliphatic rings. The Balaban J connectivity index is 3.47. The van der Waals surface area contributed by atoms with E-state index in [-0.39, 0.29) is 0 Å². The van der Waals surface area contributed by atoms with Crippen molar-refractivity contribution < 1.29 is 0 Å². The highest BCUT2D eigenvalue weighted by molar-refractivity contribution is 5.47. The monoisotopic (exact) mass is 93.1 g/mol. The molecule has 36 valence electrons. The fraction of sp³-hybridized carbons (Fsp3) is 0. The third kappa shape index (κ3) is 4.93. The van der Waals surface area contributed by atoms with Gasteiger partial charge in [-0.3, -0.25) is 0 Å². The predicted molar refractivity (Wildman–Crippen MR) is 32.4 cm³/mol. The van der Waals surface area contributed by atoms with Crippen LogP contribution in [0, 0.1) is 0 Å². The molecule has 1 heteroatoms. The van der Waals surface area contributed by atoms with Gasteiger partial charge >= 0.3 is 0 Å². The Morgan fingerprint density at radius 2 is 2.29 bits per heavy atom. The van der Waals surface area contributed by atoms with Gasteiger partial charge in [0, 0.05) is 6.20 Å². The molecule has 0 aromatic heterocycles. The highest BCUT2D eigenvalue weighted by Gasteiger charge is 1.50. The number of hydrogen-bond acceptors (Lipinski definition) is 1. The summed E-state index contributed by atoms with van der Waals surface area (Å²) in [5.41, 5.74) is 0. The van der Waals surface area contributed by atoms with Crippen molar-refractivity contribution in [1.29, 1.82) is 0 Å². The highest BCUT2D eigenvalue weighted by atomic mass is 14.6. The summed E-state index contributed by atoms with van der Waals surface area (Å²) in [5.74, 6) is 2.34. The van der Waals surface area contributed by atoms with Gasteiger partial charge in [-0.15, -0.1) is 0 Å². The summed E-state index contributed by atoms with van der Waals surface area (Å²) in [4.78, 5) is 3.55. The van der Waals surface area contributed by atoms with Gasteiger partial charge in [0.2, 0.25) is 0 Å². The molecule has 0 fully saturated rings. The van der Waals surface area contributed by atoms with E-state index in [0.29, 0.717) is 0 Å². The fourth-order valence-corrected chi connectivity index (χ4v) is 0.157. The molecule has 0 aliphatic carbocycles. The van der Waals surface area contributed by atoms with E-state index in [4.69, 9.17) is 0 Å². The molecule has 0 aromatic carbocycles. The molecule has 0 N–H and O–H groups in total. The van der Waals surface area contributed by atoms with Gasteiger partial charge in [-0.2, -0.15) is 0 Å². The molecule has 7 heavy (non-hydrogen) atoms. The van der Waals surface area contributed by atoms with Crippen LogP contribution < -0.4 is 0 Å². The zero-order valence-electron chi connectivity index (χ0n) is 4.09. The maximum atomic E-state index is 3.55. The quantitative estimate of drug-likeness (QED) is 0.362. The minimum atomic E-state index is 1.57. The van der Waals surface area contributed by atoms with Crippen molar-refractivity contribution in [2.75, 3.05) is 0 Å². The Hall–Kier alpha value is -1.07. The van der Waals surface area contributed by atoms with Crippen molar-refractivity contribution >= 4 is 5.87 Å². The van der Waals surface area contributed by atoms with Crippen LogP contribution in [0.3, 0.4) is 0 Å². The minimum absolute atomic E-state index is 1.57. The van der Waals surface area contributed by atoms with Crippen LogP contribution in [0.15, 0.2) is 36.5 Å².